The lowest BCUT2D eigenvalue weighted by Gasteiger charge is -2.16. The summed E-state index contributed by atoms with van der Waals surface area (Å²) < 4.78 is 0. The van der Waals surface area contributed by atoms with Crippen LogP contribution < -0.4 is 5.32 Å². The Bertz CT molecular complexity index is 928. The fraction of sp³-hybridized carbons (Fsp3) is 0.143. The number of benzene rings is 3. The molecule has 0 fully saturated rings. The minimum Gasteiger partial charge on any atom is -0.480 e. The van der Waals surface area contributed by atoms with Gasteiger partial charge in [-0.15, -0.1) is 0 Å². The van der Waals surface area contributed by atoms with Crippen molar-refractivity contribution in [3.63, 3.8) is 0 Å². The van der Waals surface area contributed by atoms with Crippen LogP contribution in [0.25, 0.3) is 10.8 Å². The second-order valence-electron chi connectivity index (χ2n) is 6.08. The van der Waals surface area contributed by atoms with E-state index < -0.39 is 12.0 Å². The van der Waals surface area contributed by atoms with Crippen LogP contribution in [0.3, 0.4) is 0 Å². The number of fused-ring (bicyclic) bond motifs is 1. The first-order chi connectivity index (χ1) is 12.0. The third kappa shape index (κ3) is 3.86. The van der Waals surface area contributed by atoms with Gasteiger partial charge in [-0.2, -0.15) is 0 Å². The van der Waals surface area contributed by atoms with Crippen molar-refractivity contribution in [2.24, 2.45) is 0 Å². The molecule has 0 aliphatic carbocycles. The number of aryl methyl sites for hydroxylation is 1. The van der Waals surface area contributed by atoms with Crippen LogP contribution in [0.1, 0.15) is 21.5 Å². The molecule has 0 heterocycles. The summed E-state index contributed by atoms with van der Waals surface area (Å²) in [5.74, 6) is -1.42. The summed E-state index contributed by atoms with van der Waals surface area (Å²) in [5.41, 5.74) is 2.42. The predicted molar refractivity (Wildman–Crippen MR) is 97.7 cm³/mol. The Labute approximate surface area is 146 Å². The maximum absolute atomic E-state index is 12.7. The molecule has 0 spiro atoms. The fourth-order valence-electron chi connectivity index (χ4n) is 2.93. The highest BCUT2D eigenvalue weighted by Crippen LogP contribution is 2.18. The minimum absolute atomic E-state index is 0.244. The van der Waals surface area contributed by atoms with Gasteiger partial charge in [-0.1, -0.05) is 66.2 Å². The van der Waals surface area contributed by atoms with Crippen molar-refractivity contribution >= 4 is 22.6 Å². The Morgan fingerprint density at radius 1 is 1.00 bits per heavy atom. The monoisotopic (exact) mass is 333 g/mol. The van der Waals surface area contributed by atoms with E-state index in [1.807, 2.05) is 61.5 Å². The van der Waals surface area contributed by atoms with Gasteiger partial charge in [0.1, 0.15) is 6.04 Å². The zero-order valence-electron chi connectivity index (χ0n) is 13.9. The van der Waals surface area contributed by atoms with Crippen LogP contribution in [0.15, 0.2) is 66.7 Å². The van der Waals surface area contributed by atoms with E-state index in [4.69, 9.17) is 0 Å². The van der Waals surface area contributed by atoms with Gasteiger partial charge in [0.2, 0.25) is 0 Å². The lowest BCUT2D eigenvalue weighted by molar-refractivity contribution is -0.139. The van der Waals surface area contributed by atoms with E-state index in [9.17, 15) is 14.7 Å². The van der Waals surface area contributed by atoms with E-state index in [1.54, 1.807) is 12.1 Å². The smallest absolute Gasteiger partial charge is 0.326 e. The summed E-state index contributed by atoms with van der Waals surface area (Å²) in [5, 5.41) is 13.9. The molecular weight excluding hydrogens is 314 g/mol. The number of hydrogen-bond acceptors (Lipinski definition) is 2. The van der Waals surface area contributed by atoms with Gasteiger partial charge < -0.3 is 10.4 Å². The molecule has 0 aliphatic heterocycles. The highest BCUT2D eigenvalue weighted by molar-refractivity contribution is 6.07. The zero-order chi connectivity index (χ0) is 17.8. The van der Waals surface area contributed by atoms with Crippen molar-refractivity contribution in [1.29, 1.82) is 0 Å². The van der Waals surface area contributed by atoms with Gasteiger partial charge in [-0.25, -0.2) is 4.79 Å². The third-order valence-electron chi connectivity index (χ3n) is 4.16. The molecule has 126 valence electrons. The molecule has 0 saturated carbocycles. The number of carbonyl (C=O) groups excluding carboxylic acids is 1. The van der Waals surface area contributed by atoms with Crippen molar-refractivity contribution in [3.05, 3.63) is 83.4 Å². The van der Waals surface area contributed by atoms with Gasteiger partial charge in [-0.05, 0) is 29.3 Å². The molecule has 1 atom stereocenters. The Kier molecular flexibility index (Phi) is 4.80. The first kappa shape index (κ1) is 16.7. The van der Waals surface area contributed by atoms with Crippen LogP contribution in [0.4, 0.5) is 0 Å². The van der Waals surface area contributed by atoms with Gasteiger partial charge in [0, 0.05) is 12.0 Å². The summed E-state index contributed by atoms with van der Waals surface area (Å²) in [6.45, 7) is 1.95. The van der Waals surface area contributed by atoms with Gasteiger partial charge >= 0.3 is 5.97 Å². The number of aliphatic carboxylic acids is 1. The van der Waals surface area contributed by atoms with Gasteiger partial charge in [0.25, 0.3) is 5.91 Å². The zero-order valence-corrected chi connectivity index (χ0v) is 13.9. The van der Waals surface area contributed by atoms with Gasteiger partial charge in [0.15, 0.2) is 0 Å². The van der Waals surface area contributed by atoms with Crippen molar-refractivity contribution in [1.82, 2.24) is 5.32 Å². The standard InChI is InChI=1S/C21H19NO3/c1-14-6-4-7-15(12-14)13-19(21(24)25)22-20(23)18-11-5-9-16-8-2-3-10-17(16)18/h2-12,19H,13H2,1H3,(H,22,23)(H,24,25)/t19-/m0/s1. The molecule has 1 amide bonds. The van der Waals surface area contributed by atoms with E-state index >= 15 is 0 Å². The second kappa shape index (κ2) is 7.18. The second-order valence-corrected chi connectivity index (χ2v) is 6.08. The molecule has 4 nitrogen and oxygen atoms in total. The van der Waals surface area contributed by atoms with Gasteiger partial charge in [0.05, 0.1) is 0 Å². The number of nitrogens with one attached hydrogen (secondary N) is 1. The van der Waals surface area contributed by atoms with Gasteiger partial charge in [-0.3, -0.25) is 4.79 Å². The summed E-state index contributed by atoms with van der Waals surface area (Å²) in [6.07, 6.45) is 0.244. The molecule has 0 aromatic heterocycles. The van der Waals surface area contributed by atoms with Crippen LogP contribution >= 0.6 is 0 Å². The average Bonchev–Trinajstić information content (AvgIpc) is 2.60. The van der Waals surface area contributed by atoms with Crippen molar-refractivity contribution in [2.75, 3.05) is 0 Å². The number of hydrogen-bond donors (Lipinski definition) is 2. The van der Waals surface area contributed by atoms with E-state index in [0.717, 1.165) is 21.9 Å². The molecule has 0 radical (unpaired) electrons. The summed E-state index contributed by atoms with van der Waals surface area (Å²) in [6, 6.07) is 19.6. The first-order valence-corrected chi connectivity index (χ1v) is 8.11. The molecule has 0 unspecified atom stereocenters. The average molecular weight is 333 g/mol. The van der Waals surface area contributed by atoms with Crippen LogP contribution in [0.5, 0.6) is 0 Å². The summed E-state index contributed by atoms with van der Waals surface area (Å²) in [7, 11) is 0. The van der Waals surface area contributed by atoms with E-state index in [1.165, 1.54) is 0 Å². The van der Waals surface area contributed by atoms with Crippen LogP contribution in [0, 0.1) is 6.92 Å². The van der Waals surface area contributed by atoms with Crippen LogP contribution in [-0.2, 0) is 11.2 Å². The Hall–Kier alpha value is -3.14. The van der Waals surface area contributed by atoms with Crippen molar-refractivity contribution in [2.45, 2.75) is 19.4 Å². The maximum Gasteiger partial charge on any atom is 0.326 e. The maximum atomic E-state index is 12.7. The Morgan fingerprint density at radius 3 is 2.48 bits per heavy atom. The van der Waals surface area contributed by atoms with E-state index in [2.05, 4.69) is 5.32 Å². The van der Waals surface area contributed by atoms with Crippen LogP contribution in [-0.4, -0.2) is 23.0 Å². The third-order valence-corrected chi connectivity index (χ3v) is 4.16. The molecule has 3 aromatic rings. The van der Waals surface area contributed by atoms with Crippen molar-refractivity contribution in [3.8, 4) is 0 Å². The molecule has 25 heavy (non-hydrogen) atoms. The summed E-state index contributed by atoms with van der Waals surface area (Å²) >= 11 is 0. The first-order valence-electron chi connectivity index (χ1n) is 8.11. The fourth-order valence-corrected chi connectivity index (χ4v) is 2.93. The SMILES string of the molecule is Cc1cccc(C[C@H](NC(=O)c2cccc3ccccc23)C(=O)O)c1. The number of carboxylic acids is 1. The van der Waals surface area contributed by atoms with Crippen molar-refractivity contribution < 1.29 is 14.7 Å². The number of rotatable bonds is 5. The lowest BCUT2D eigenvalue weighted by Crippen LogP contribution is -2.42. The quantitative estimate of drug-likeness (QED) is 0.750. The number of carboxylic acid groups (broad SMARTS) is 1. The normalized spacial score (nSPS) is 11.9. The molecule has 0 saturated heterocycles. The Morgan fingerprint density at radius 2 is 1.72 bits per heavy atom. The molecule has 4 heteroatoms. The molecule has 2 N–H and O–H groups in total. The predicted octanol–water partition coefficient (Wildman–Crippen LogP) is 3.57. The van der Waals surface area contributed by atoms with E-state index in [0.29, 0.717) is 5.56 Å². The highest BCUT2D eigenvalue weighted by Gasteiger charge is 2.22. The topological polar surface area (TPSA) is 66.4 Å². The largest absolute Gasteiger partial charge is 0.480 e. The highest BCUT2D eigenvalue weighted by atomic mass is 16.4. The molecule has 0 aliphatic rings. The minimum atomic E-state index is -1.05. The van der Waals surface area contributed by atoms with Crippen LogP contribution in [0.2, 0.25) is 0 Å². The molecule has 3 aromatic carbocycles. The number of amides is 1. The molecule has 3 rings (SSSR count). The Balaban J connectivity index is 1.84. The lowest BCUT2D eigenvalue weighted by atomic mass is 10.0. The molecule has 0 bridgehead atoms. The van der Waals surface area contributed by atoms with E-state index in [-0.39, 0.29) is 12.3 Å². The number of carbonyl (C=O) groups is 2. The molecular formula is C21H19NO3. The summed E-state index contributed by atoms with van der Waals surface area (Å²) in [4.78, 5) is 24.3.